The van der Waals surface area contributed by atoms with Crippen LogP contribution in [0, 0.1) is 0 Å². The normalized spacial score (nSPS) is 11.6. The second kappa shape index (κ2) is 5.75. The highest BCUT2D eigenvalue weighted by Gasteiger charge is 2.20. The summed E-state index contributed by atoms with van der Waals surface area (Å²) in [5.74, 6) is 0. The van der Waals surface area contributed by atoms with Crippen molar-refractivity contribution in [2.24, 2.45) is 0 Å². The van der Waals surface area contributed by atoms with Gasteiger partial charge in [-0.2, -0.15) is 0 Å². The van der Waals surface area contributed by atoms with Crippen LogP contribution in [0.5, 0.6) is 0 Å². The Morgan fingerprint density at radius 1 is 1.04 bits per heavy atom. The summed E-state index contributed by atoms with van der Waals surface area (Å²) in [4.78, 5) is 29.9. The number of aromatic amines is 1. The van der Waals surface area contributed by atoms with E-state index in [4.69, 9.17) is 4.74 Å². The van der Waals surface area contributed by atoms with Gasteiger partial charge in [-0.15, -0.1) is 0 Å². The second-order valence-electron chi connectivity index (χ2n) is 6.19. The van der Waals surface area contributed by atoms with Gasteiger partial charge in [0.15, 0.2) is 0 Å². The number of rotatable bonds is 2. The monoisotopic (exact) mass is 335 g/mol. The van der Waals surface area contributed by atoms with E-state index in [2.05, 4.69) is 4.98 Å². The molecule has 0 radical (unpaired) electrons. The number of nitrogens with zero attached hydrogens (tertiary/aromatic N) is 2. The molecule has 2 heterocycles. The first-order chi connectivity index (χ1) is 12.1. The van der Waals surface area contributed by atoms with Gasteiger partial charge in [0.05, 0.1) is 16.6 Å². The lowest BCUT2D eigenvalue weighted by Gasteiger charge is -2.12. The SMILES string of the molecule is CN(C)COC(=O)n1c2ccccc2c2[nH]c(=O)c3ccccc3c21. The smallest absolute Gasteiger partial charge is 0.420 e. The van der Waals surface area contributed by atoms with E-state index in [1.54, 1.807) is 17.0 Å². The van der Waals surface area contributed by atoms with Crippen LogP contribution in [0.25, 0.3) is 32.7 Å². The molecule has 0 aliphatic heterocycles. The fraction of sp³-hybridized carbons (Fsp3) is 0.158. The molecule has 0 fully saturated rings. The molecule has 1 N–H and O–H groups in total. The lowest BCUT2D eigenvalue weighted by atomic mass is 10.1. The maximum Gasteiger partial charge on any atom is 0.420 e. The van der Waals surface area contributed by atoms with E-state index in [0.29, 0.717) is 21.9 Å². The largest absolute Gasteiger partial charge is 0.433 e. The van der Waals surface area contributed by atoms with Gasteiger partial charge in [0.2, 0.25) is 0 Å². The number of pyridine rings is 1. The van der Waals surface area contributed by atoms with Gasteiger partial charge in [0.1, 0.15) is 6.73 Å². The Labute approximate surface area is 143 Å². The predicted molar refractivity (Wildman–Crippen MR) is 98.0 cm³/mol. The highest BCUT2D eigenvalue weighted by Crippen LogP contribution is 2.31. The Morgan fingerprint density at radius 3 is 2.40 bits per heavy atom. The number of hydrogen-bond donors (Lipinski definition) is 1. The summed E-state index contributed by atoms with van der Waals surface area (Å²) in [7, 11) is 3.65. The molecule has 4 aromatic rings. The number of H-pyrrole nitrogens is 1. The van der Waals surface area contributed by atoms with E-state index < -0.39 is 6.09 Å². The molecule has 25 heavy (non-hydrogen) atoms. The van der Waals surface area contributed by atoms with Crippen LogP contribution < -0.4 is 5.56 Å². The van der Waals surface area contributed by atoms with Crippen LogP contribution in [-0.2, 0) is 4.74 Å². The van der Waals surface area contributed by atoms with Crippen LogP contribution in [0.4, 0.5) is 4.79 Å². The van der Waals surface area contributed by atoms with Gasteiger partial charge in [-0.05, 0) is 26.2 Å². The lowest BCUT2D eigenvalue weighted by Crippen LogP contribution is -2.22. The average molecular weight is 335 g/mol. The summed E-state index contributed by atoms with van der Waals surface area (Å²) in [5, 5.41) is 2.07. The first kappa shape index (κ1) is 15.4. The summed E-state index contributed by atoms with van der Waals surface area (Å²) >= 11 is 0. The van der Waals surface area contributed by atoms with E-state index in [1.165, 1.54) is 4.57 Å². The first-order valence-electron chi connectivity index (χ1n) is 7.94. The molecule has 0 atom stereocenters. The standard InChI is InChI=1S/C19H17N3O3/c1-21(2)11-25-19(24)22-15-10-6-5-9-14(15)16-17(22)12-7-3-4-8-13(12)18(23)20-16/h3-10H,11H2,1-2H3,(H,20,23). The van der Waals surface area contributed by atoms with Gasteiger partial charge >= 0.3 is 6.09 Å². The van der Waals surface area contributed by atoms with Crippen LogP contribution >= 0.6 is 0 Å². The third kappa shape index (κ3) is 2.38. The zero-order chi connectivity index (χ0) is 17.6. The molecule has 0 aliphatic rings. The number of hydrogen-bond acceptors (Lipinski definition) is 4. The molecule has 0 amide bonds. The van der Waals surface area contributed by atoms with Crippen molar-refractivity contribution in [1.82, 2.24) is 14.5 Å². The minimum Gasteiger partial charge on any atom is -0.433 e. The number of para-hydroxylation sites is 1. The van der Waals surface area contributed by atoms with Gasteiger partial charge in [0.25, 0.3) is 5.56 Å². The van der Waals surface area contributed by atoms with Crippen molar-refractivity contribution in [3.8, 4) is 0 Å². The quantitative estimate of drug-likeness (QED) is 0.572. The van der Waals surface area contributed by atoms with Crippen molar-refractivity contribution in [2.75, 3.05) is 20.8 Å². The Kier molecular flexibility index (Phi) is 3.54. The van der Waals surface area contributed by atoms with Crippen LogP contribution in [0.2, 0.25) is 0 Å². The zero-order valence-corrected chi connectivity index (χ0v) is 13.9. The molecule has 0 saturated heterocycles. The number of nitrogens with one attached hydrogen (secondary N) is 1. The number of carbonyl (C=O) groups is 1. The van der Waals surface area contributed by atoms with E-state index in [0.717, 1.165) is 10.8 Å². The third-order valence-corrected chi connectivity index (χ3v) is 4.17. The van der Waals surface area contributed by atoms with Crippen LogP contribution in [-0.4, -0.2) is 41.4 Å². The fourth-order valence-corrected chi connectivity index (χ4v) is 3.13. The maximum atomic E-state index is 12.8. The Balaban J connectivity index is 2.13. The molecule has 126 valence electrons. The van der Waals surface area contributed by atoms with Gasteiger partial charge in [-0.3, -0.25) is 9.69 Å². The van der Waals surface area contributed by atoms with Crippen molar-refractivity contribution >= 4 is 38.8 Å². The van der Waals surface area contributed by atoms with Gasteiger partial charge in [-0.1, -0.05) is 36.4 Å². The van der Waals surface area contributed by atoms with Gasteiger partial charge in [-0.25, -0.2) is 9.36 Å². The highest BCUT2D eigenvalue weighted by molar-refractivity contribution is 6.18. The fourth-order valence-electron chi connectivity index (χ4n) is 3.13. The average Bonchev–Trinajstić information content (AvgIpc) is 2.95. The summed E-state index contributed by atoms with van der Waals surface area (Å²) in [6.45, 7) is 0.175. The minimum atomic E-state index is -0.475. The van der Waals surface area contributed by atoms with E-state index in [-0.39, 0.29) is 12.3 Å². The predicted octanol–water partition coefficient (Wildman–Crippen LogP) is 3.14. The Hall–Kier alpha value is -3.12. The molecule has 0 aliphatic carbocycles. The summed E-state index contributed by atoms with van der Waals surface area (Å²) in [5.41, 5.74) is 1.82. The lowest BCUT2D eigenvalue weighted by molar-refractivity contribution is 0.0980. The van der Waals surface area contributed by atoms with Crippen LogP contribution in [0.3, 0.4) is 0 Å². The van der Waals surface area contributed by atoms with E-state index in [1.807, 2.05) is 50.5 Å². The molecule has 2 aromatic carbocycles. The molecular weight excluding hydrogens is 318 g/mol. The number of fused-ring (bicyclic) bond motifs is 5. The molecule has 0 bridgehead atoms. The van der Waals surface area contributed by atoms with Crippen molar-refractivity contribution in [3.63, 3.8) is 0 Å². The van der Waals surface area contributed by atoms with E-state index in [9.17, 15) is 9.59 Å². The van der Waals surface area contributed by atoms with Crippen LogP contribution in [0.15, 0.2) is 53.3 Å². The molecule has 0 unspecified atom stereocenters. The summed E-state index contributed by atoms with van der Waals surface area (Å²) in [6.07, 6.45) is -0.475. The van der Waals surface area contributed by atoms with Crippen molar-refractivity contribution in [2.45, 2.75) is 0 Å². The Bertz CT molecular complexity index is 1170. The van der Waals surface area contributed by atoms with Gasteiger partial charge < -0.3 is 9.72 Å². The Morgan fingerprint density at radius 2 is 1.68 bits per heavy atom. The topological polar surface area (TPSA) is 67.3 Å². The van der Waals surface area contributed by atoms with Crippen molar-refractivity contribution in [1.29, 1.82) is 0 Å². The zero-order valence-electron chi connectivity index (χ0n) is 13.9. The van der Waals surface area contributed by atoms with Crippen LogP contribution in [0.1, 0.15) is 0 Å². The maximum absolute atomic E-state index is 12.8. The highest BCUT2D eigenvalue weighted by atomic mass is 16.6. The van der Waals surface area contributed by atoms with Crippen molar-refractivity contribution < 1.29 is 9.53 Å². The van der Waals surface area contributed by atoms with Gasteiger partial charge in [0, 0.05) is 16.2 Å². The molecular formula is C19H17N3O3. The summed E-state index contributed by atoms with van der Waals surface area (Å²) < 4.78 is 6.94. The first-order valence-corrected chi connectivity index (χ1v) is 7.94. The van der Waals surface area contributed by atoms with Crippen molar-refractivity contribution in [3.05, 3.63) is 58.9 Å². The number of benzene rings is 2. The molecule has 4 rings (SSSR count). The number of carbonyl (C=O) groups excluding carboxylic acids is 1. The molecule has 6 nitrogen and oxygen atoms in total. The number of ether oxygens (including phenoxy) is 1. The molecule has 2 aromatic heterocycles. The van der Waals surface area contributed by atoms with E-state index >= 15 is 0 Å². The summed E-state index contributed by atoms with van der Waals surface area (Å²) in [6, 6.07) is 14.7. The third-order valence-electron chi connectivity index (χ3n) is 4.17. The molecule has 6 heteroatoms. The number of aromatic nitrogens is 2. The molecule has 0 spiro atoms. The second-order valence-corrected chi connectivity index (χ2v) is 6.19. The minimum absolute atomic E-state index is 0.173. The molecule has 0 saturated carbocycles.